The Labute approximate surface area is 95.6 Å². The Morgan fingerprint density at radius 3 is 2.33 bits per heavy atom. The minimum absolute atomic E-state index is 0.576. The molecule has 1 rings (SSSR count). The highest BCUT2D eigenvalue weighted by Gasteiger charge is 2.22. The highest BCUT2D eigenvalue weighted by molar-refractivity contribution is 7.15. The zero-order valence-corrected chi connectivity index (χ0v) is 10.7. The van der Waals surface area contributed by atoms with Gasteiger partial charge in [0.15, 0.2) is 5.13 Å². The van der Waals surface area contributed by atoms with Crippen molar-refractivity contribution in [2.24, 2.45) is 0 Å². The van der Waals surface area contributed by atoms with Crippen LogP contribution in [0.4, 0.5) is 5.13 Å². The number of aliphatic hydroxyl groups is 1. The lowest BCUT2D eigenvalue weighted by molar-refractivity contribution is 0.0457. The van der Waals surface area contributed by atoms with Crippen molar-refractivity contribution in [2.45, 2.75) is 46.1 Å². The van der Waals surface area contributed by atoms with Crippen molar-refractivity contribution in [1.29, 1.82) is 0 Å². The van der Waals surface area contributed by atoms with E-state index in [1.54, 1.807) is 11.3 Å². The number of hydrogen-bond acceptors (Lipinski definition) is 4. The molecule has 0 bridgehead atoms. The summed E-state index contributed by atoms with van der Waals surface area (Å²) in [5.74, 6) is 0. The lowest BCUT2D eigenvalue weighted by Gasteiger charge is -2.25. The van der Waals surface area contributed by atoms with Gasteiger partial charge in [-0.3, -0.25) is 0 Å². The Kier molecular flexibility index (Phi) is 4.11. The predicted octanol–water partition coefficient (Wildman–Crippen LogP) is 2.72. The second-order valence-corrected chi connectivity index (χ2v) is 5.15. The zero-order valence-electron chi connectivity index (χ0n) is 9.92. The number of anilines is 1. The van der Waals surface area contributed by atoms with Crippen LogP contribution in [0, 0.1) is 13.8 Å². The van der Waals surface area contributed by atoms with Gasteiger partial charge in [0.05, 0.1) is 11.3 Å². The summed E-state index contributed by atoms with van der Waals surface area (Å²) in [6.07, 6.45) is 1.53. The summed E-state index contributed by atoms with van der Waals surface area (Å²) >= 11 is 1.64. The van der Waals surface area contributed by atoms with E-state index in [1.807, 2.05) is 20.8 Å². The average molecular weight is 228 g/mol. The van der Waals surface area contributed by atoms with E-state index in [2.05, 4.69) is 17.2 Å². The SMILES string of the molecule is CCC(O)(CC)CNc1nc(C)c(C)s1. The van der Waals surface area contributed by atoms with E-state index in [0.717, 1.165) is 23.7 Å². The van der Waals surface area contributed by atoms with Crippen LogP contribution in [0.3, 0.4) is 0 Å². The van der Waals surface area contributed by atoms with Crippen LogP contribution in [-0.4, -0.2) is 22.2 Å². The van der Waals surface area contributed by atoms with Gasteiger partial charge in [0.2, 0.25) is 0 Å². The fourth-order valence-electron chi connectivity index (χ4n) is 1.29. The second kappa shape index (κ2) is 4.94. The Balaban J connectivity index is 2.56. The van der Waals surface area contributed by atoms with Crippen molar-refractivity contribution in [3.8, 4) is 0 Å². The first kappa shape index (κ1) is 12.5. The van der Waals surface area contributed by atoms with Crippen molar-refractivity contribution >= 4 is 16.5 Å². The van der Waals surface area contributed by atoms with Gasteiger partial charge >= 0.3 is 0 Å². The minimum Gasteiger partial charge on any atom is -0.388 e. The van der Waals surface area contributed by atoms with Crippen LogP contribution in [0.2, 0.25) is 0 Å². The molecule has 0 aromatic carbocycles. The van der Waals surface area contributed by atoms with Gasteiger partial charge in [0.25, 0.3) is 0 Å². The number of hydrogen-bond donors (Lipinski definition) is 2. The third kappa shape index (κ3) is 3.18. The molecule has 0 spiro atoms. The lowest BCUT2D eigenvalue weighted by Crippen LogP contribution is -2.35. The van der Waals surface area contributed by atoms with E-state index >= 15 is 0 Å². The highest BCUT2D eigenvalue weighted by atomic mass is 32.1. The molecule has 0 saturated carbocycles. The molecule has 0 atom stereocenters. The van der Waals surface area contributed by atoms with E-state index in [9.17, 15) is 5.11 Å². The van der Waals surface area contributed by atoms with E-state index in [0.29, 0.717) is 6.54 Å². The number of thiazole rings is 1. The number of aryl methyl sites for hydroxylation is 2. The predicted molar refractivity (Wildman–Crippen MR) is 65.6 cm³/mol. The van der Waals surface area contributed by atoms with Crippen LogP contribution < -0.4 is 5.32 Å². The Morgan fingerprint density at radius 2 is 1.93 bits per heavy atom. The van der Waals surface area contributed by atoms with Gasteiger partial charge in [-0.2, -0.15) is 0 Å². The molecule has 0 aliphatic carbocycles. The van der Waals surface area contributed by atoms with Crippen molar-refractivity contribution in [3.05, 3.63) is 10.6 Å². The molecule has 0 amide bonds. The molecule has 0 radical (unpaired) electrons. The maximum atomic E-state index is 10.1. The molecule has 0 aliphatic rings. The number of rotatable bonds is 5. The van der Waals surface area contributed by atoms with Crippen LogP contribution in [0.5, 0.6) is 0 Å². The van der Waals surface area contributed by atoms with Crippen molar-refractivity contribution < 1.29 is 5.11 Å². The van der Waals surface area contributed by atoms with Crippen LogP contribution in [0.1, 0.15) is 37.3 Å². The summed E-state index contributed by atoms with van der Waals surface area (Å²) in [6, 6.07) is 0. The number of aromatic nitrogens is 1. The van der Waals surface area contributed by atoms with E-state index in [1.165, 1.54) is 4.88 Å². The zero-order chi connectivity index (χ0) is 11.5. The summed E-state index contributed by atoms with van der Waals surface area (Å²) in [7, 11) is 0. The number of nitrogens with one attached hydrogen (secondary N) is 1. The molecular formula is C11H20N2OS. The molecule has 86 valence electrons. The minimum atomic E-state index is -0.604. The van der Waals surface area contributed by atoms with Gasteiger partial charge in [-0.15, -0.1) is 11.3 Å². The van der Waals surface area contributed by atoms with Crippen LogP contribution in [0.25, 0.3) is 0 Å². The van der Waals surface area contributed by atoms with Crippen LogP contribution in [0.15, 0.2) is 0 Å². The molecule has 15 heavy (non-hydrogen) atoms. The first-order valence-corrected chi connectivity index (χ1v) is 6.22. The summed E-state index contributed by atoms with van der Waals surface area (Å²) < 4.78 is 0. The van der Waals surface area contributed by atoms with Crippen LogP contribution in [-0.2, 0) is 0 Å². The molecule has 3 nitrogen and oxygen atoms in total. The standard InChI is InChI=1S/C11H20N2OS/c1-5-11(14,6-2)7-12-10-13-8(3)9(4)15-10/h14H,5-7H2,1-4H3,(H,12,13). The normalized spacial score (nSPS) is 11.8. The van der Waals surface area contributed by atoms with Gasteiger partial charge in [0.1, 0.15) is 0 Å². The molecule has 0 fully saturated rings. The lowest BCUT2D eigenvalue weighted by atomic mass is 9.98. The van der Waals surface area contributed by atoms with E-state index in [4.69, 9.17) is 0 Å². The second-order valence-electron chi connectivity index (χ2n) is 3.95. The van der Waals surface area contributed by atoms with Gasteiger partial charge < -0.3 is 10.4 Å². The Bertz CT molecular complexity index is 299. The molecule has 0 aliphatic heterocycles. The first-order valence-electron chi connectivity index (χ1n) is 5.41. The summed E-state index contributed by atoms with van der Waals surface area (Å²) in [5, 5.41) is 14.2. The van der Waals surface area contributed by atoms with Gasteiger partial charge in [0, 0.05) is 11.4 Å². The average Bonchev–Trinajstić information content (AvgIpc) is 2.55. The van der Waals surface area contributed by atoms with Crippen LogP contribution >= 0.6 is 11.3 Å². The van der Waals surface area contributed by atoms with Crippen molar-refractivity contribution in [3.63, 3.8) is 0 Å². The Hall–Kier alpha value is -0.610. The molecule has 0 saturated heterocycles. The fraction of sp³-hybridized carbons (Fsp3) is 0.727. The largest absolute Gasteiger partial charge is 0.388 e. The van der Waals surface area contributed by atoms with E-state index in [-0.39, 0.29) is 0 Å². The molecular weight excluding hydrogens is 208 g/mol. The summed E-state index contributed by atoms with van der Waals surface area (Å²) in [6.45, 7) is 8.65. The van der Waals surface area contributed by atoms with Gasteiger partial charge in [-0.05, 0) is 26.7 Å². The molecule has 1 aromatic rings. The smallest absolute Gasteiger partial charge is 0.183 e. The van der Waals surface area contributed by atoms with Gasteiger partial charge in [-0.1, -0.05) is 13.8 Å². The molecule has 2 N–H and O–H groups in total. The first-order chi connectivity index (χ1) is 7.00. The van der Waals surface area contributed by atoms with E-state index < -0.39 is 5.60 Å². The van der Waals surface area contributed by atoms with Gasteiger partial charge in [-0.25, -0.2) is 4.98 Å². The topological polar surface area (TPSA) is 45.1 Å². The van der Waals surface area contributed by atoms with Crippen molar-refractivity contribution in [2.75, 3.05) is 11.9 Å². The molecule has 1 heterocycles. The monoisotopic (exact) mass is 228 g/mol. The summed E-state index contributed by atoms with van der Waals surface area (Å²) in [4.78, 5) is 5.61. The maximum absolute atomic E-state index is 10.1. The third-order valence-corrected chi connectivity index (χ3v) is 3.94. The van der Waals surface area contributed by atoms with Crippen molar-refractivity contribution in [1.82, 2.24) is 4.98 Å². The molecule has 4 heteroatoms. The maximum Gasteiger partial charge on any atom is 0.183 e. The molecule has 1 aromatic heterocycles. The fourth-order valence-corrected chi connectivity index (χ4v) is 2.10. The number of nitrogens with zero attached hydrogens (tertiary/aromatic N) is 1. The summed E-state index contributed by atoms with van der Waals surface area (Å²) in [5.41, 5.74) is 0.465. The quantitative estimate of drug-likeness (QED) is 0.814. The third-order valence-electron chi connectivity index (χ3n) is 2.91. The highest BCUT2D eigenvalue weighted by Crippen LogP contribution is 2.23. The Morgan fingerprint density at radius 1 is 1.33 bits per heavy atom. The molecule has 0 unspecified atom stereocenters.